The third-order valence-corrected chi connectivity index (χ3v) is 2.73. The van der Waals surface area contributed by atoms with Crippen LogP contribution < -0.4 is 0 Å². The first-order chi connectivity index (χ1) is 7.15. The summed E-state index contributed by atoms with van der Waals surface area (Å²) in [5, 5.41) is 0. The van der Waals surface area contributed by atoms with E-state index in [1.807, 2.05) is 0 Å². The van der Waals surface area contributed by atoms with Gasteiger partial charge in [-0.3, -0.25) is 4.90 Å². The molecule has 1 atom stereocenters. The van der Waals surface area contributed by atoms with Crippen LogP contribution in [0.5, 0.6) is 0 Å². The van der Waals surface area contributed by atoms with Gasteiger partial charge in [-0.25, -0.2) is 13.7 Å². The Morgan fingerprint density at radius 3 is 1.69 bits per heavy atom. The van der Waals surface area contributed by atoms with Crippen molar-refractivity contribution in [2.24, 2.45) is 0 Å². The number of alkyl halides is 4. The number of rotatable bonds is 2. The molecule has 0 bridgehead atoms. The molecule has 0 radical (unpaired) electrons. The molecule has 7 heteroatoms. The molecule has 1 aliphatic heterocycles. The van der Waals surface area contributed by atoms with Crippen LogP contribution in [0.25, 0.3) is 0 Å². The summed E-state index contributed by atoms with van der Waals surface area (Å²) in [6.07, 6.45) is -4.41. The van der Waals surface area contributed by atoms with Gasteiger partial charge >= 0.3 is 6.30 Å². The smallest absolute Gasteiger partial charge is 0.263 e. The number of piperazine rings is 1. The summed E-state index contributed by atoms with van der Waals surface area (Å²) in [7, 11) is 0. The van der Waals surface area contributed by atoms with Crippen molar-refractivity contribution in [2.75, 3.05) is 26.2 Å². The molecule has 0 aromatic rings. The van der Waals surface area contributed by atoms with Crippen LogP contribution in [-0.4, -0.2) is 48.1 Å². The second kappa shape index (κ2) is 4.29. The molecule has 94 valence electrons. The minimum absolute atomic E-state index is 0.185. The van der Waals surface area contributed by atoms with Gasteiger partial charge in [0.25, 0.3) is 0 Å². The predicted octanol–water partition coefficient (Wildman–Crippen LogP) is 2.29. The Labute approximate surface area is 90.3 Å². The topological polar surface area (TPSA) is 6.48 Å². The Morgan fingerprint density at radius 2 is 1.38 bits per heavy atom. The fourth-order valence-corrected chi connectivity index (χ4v) is 1.55. The summed E-state index contributed by atoms with van der Waals surface area (Å²) in [6.45, 7) is 2.71. The summed E-state index contributed by atoms with van der Waals surface area (Å²) < 4.78 is 63.2. The molecule has 1 rings (SSSR count). The molecule has 0 spiro atoms. The molecular formula is C9H13F5N2. The van der Waals surface area contributed by atoms with Gasteiger partial charge < -0.3 is 0 Å². The van der Waals surface area contributed by atoms with E-state index in [9.17, 15) is 22.0 Å². The minimum atomic E-state index is -4.41. The van der Waals surface area contributed by atoms with Crippen LogP contribution in [0.3, 0.4) is 0 Å². The Bertz CT molecular complexity index is 266. The monoisotopic (exact) mass is 244 g/mol. The van der Waals surface area contributed by atoms with Crippen LogP contribution in [0.15, 0.2) is 12.4 Å². The molecule has 1 unspecified atom stereocenters. The van der Waals surface area contributed by atoms with Crippen LogP contribution in [0, 0.1) is 0 Å². The van der Waals surface area contributed by atoms with E-state index in [4.69, 9.17) is 0 Å². The normalized spacial score (nSPS) is 24.1. The van der Waals surface area contributed by atoms with Gasteiger partial charge in [0.15, 0.2) is 0 Å². The first kappa shape index (κ1) is 13.4. The molecule has 1 aliphatic rings. The molecule has 2 nitrogen and oxygen atoms in total. The van der Waals surface area contributed by atoms with Crippen molar-refractivity contribution in [1.29, 1.82) is 0 Å². The maximum absolute atomic E-state index is 13.7. The molecule has 1 heterocycles. The molecule has 16 heavy (non-hydrogen) atoms. The Hall–Kier alpha value is -0.690. The van der Waals surface area contributed by atoms with E-state index in [0.717, 1.165) is 11.8 Å². The molecule has 0 N–H and O–H groups in total. The fraction of sp³-hybridized carbons (Fsp3) is 0.778. The first-order valence-electron chi connectivity index (χ1n) is 4.76. The third kappa shape index (κ3) is 2.70. The van der Waals surface area contributed by atoms with E-state index in [2.05, 4.69) is 6.58 Å². The van der Waals surface area contributed by atoms with Crippen molar-refractivity contribution in [1.82, 2.24) is 9.80 Å². The average molecular weight is 244 g/mol. The average Bonchev–Trinajstić information content (AvgIpc) is 2.16. The zero-order chi connectivity index (χ0) is 12.6. The summed E-state index contributed by atoms with van der Waals surface area (Å²) in [4.78, 5) is 1.29. The van der Waals surface area contributed by atoms with E-state index in [-0.39, 0.29) is 31.1 Å². The molecule has 1 fully saturated rings. The molecule has 0 aromatic carbocycles. The second-order valence-corrected chi connectivity index (χ2v) is 3.80. The van der Waals surface area contributed by atoms with Crippen LogP contribution >= 0.6 is 0 Å². The highest BCUT2D eigenvalue weighted by Gasteiger charge is 2.43. The lowest BCUT2D eigenvalue weighted by Gasteiger charge is -2.40. The lowest BCUT2D eigenvalue weighted by atomic mass is 10.2. The SMILES string of the molecule is C=C(F)C(C)(F)N1CCN(C(F)(F)F)CC1. The summed E-state index contributed by atoms with van der Waals surface area (Å²) in [5.41, 5.74) is 0. The van der Waals surface area contributed by atoms with Gasteiger partial charge in [0.2, 0.25) is 5.79 Å². The predicted molar refractivity (Wildman–Crippen MR) is 49.0 cm³/mol. The zero-order valence-corrected chi connectivity index (χ0v) is 8.82. The Morgan fingerprint density at radius 1 is 1.00 bits per heavy atom. The molecule has 0 amide bonds. The minimum Gasteiger partial charge on any atom is -0.263 e. The summed E-state index contributed by atoms with van der Waals surface area (Å²) in [6, 6.07) is 0. The largest absolute Gasteiger partial charge is 0.460 e. The first-order valence-corrected chi connectivity index (χ1v) is 4.76. The Kier molecular flexibility index (Phi) is 3.59. The standard InChI is InChI=1S/C9H13F5N2/c1-7(10)8(2,11)15-3-5-16(6-4-15)9(12,13)14/h1,3-6H2,2H3. The van der Waals surface area contributed by atoms with Crippen molar-refractivity contribution in [3.8, 4) is 0 Å². The van der Waals surface area contributed by atoms with Crippen LogP contribution in [0.1, 0.15) is 6.92 Å². The van der Waals surface area contributed by atoms with Gasteiger partial charge in [-0.1, -0.05) is 6.58 Å². The highest BCUT2D eigenvalue weighted by Crippen LogP contribution is 2.29. The molecule has 0 aliphatic carbocycles. The number of hydrogen-bond donors (Lipinski definition) is 0. The van der Waals surface area contributed by atoms with E-state index >= 15 is 0 Å². The molecule has 1 saturated heterocycles. The molecular weight excluding hydrogens is 231 g/mol. The summed E-state index contributed by atoms with van der Waals surface area (Å²) >= 11 is 0. The molecule has 0 aromatic heterocycles. The van der Waals surface area contributed by atoms with Gasteiger partial charge in [-0.15, -0.1) is 0 Å². The number of halogens is 5. The van der Waals surface area contributed by atoms with Crippen LogP contribution in [-0.2, 0) is 0 Å². The van der Waals surface area contributed by atoms with Gasteiger partial charge in [0.05, 0.1) is 0 Å². The van der Waals surface area contributed by atoms with Crippen LogP contribution in [0.2, 0.25) is 0 Å². The zero-order valence-electron chi connectivity index (χ0n) is 8.82. The number of nitrogens with zero attached hydrogens (tertiary/aromatic N) is 2. The lowest BCUT2D eigenvalue weighted by molar-refractivity contribution is -0.256. The lowest BCUT2D eigenvalue weighted by Crippen LogP contribution is -2.57. The van der Waals surface area contributed by atoms with Crippen molar-refractivity contribution < 1.29 is 22.0 Å². The second-order valence-electron chi connectivity index (χ2n) is 3.80. The van der Waals surface area contributed by atoms with E-state index < -0.39 is 17.9 Å². The van der Waals surface area contributed by atoms with Crippen molar-refractivity contribution >= 4 is 0 Å². The third-order valence-electron chi connectivity index (χ3n) is 2.73. The molecule has 0 saturated carbocycles. The van der Waals surface area contributed by atoms with Gasteiger partial charge in [0, 0.05) is 26.2 Å². The Balaban J connectivity index is 2.59. The quantitative estimate of drug-likeness (QED) is 0.543. The fourth-order valence-electron chi connectivity index (χ4n) is 1.55. The van der Waals surface area contributed by atoms with Gasteiger partial charge in [0.1, 0.15) is 5.83 Å². The van der Waals surface area contributed by atoms with Crippen LogP contribution in [0.4, 0.5) is 22.0 Å². The van der Waals surface area contributed by atoms with Gasteiger partial charge in [-0.05, 0) is 6.92 Å². The maximum Gasteiger partial charge on any atom is 0.460 e. The van der Waals surface area contributed by atoms with E-state index in [1.54, 1.807) is 0 Å². The van der Waals surface area contributed by atoms with Crippen molar-refractivity contribution in [3.63, 3.8) is 0 Å². The highest BCUT2D eigenvalue weighted by atomic mass is 19.4. The maximum atomic E-state index is 13.7. The van der Waals surface area contributed by atoms with E-state index in [1.165, 1.54) is 0 Å². The highest BCUT2D eigenvalue weighted by molar-refractivity contribution is 5.02. The van der Waals surface area contributed by atoms with Gasteiger partial charge in [-0.2, -0.15) is 13.2 Å². The summed E-state index contributed by atoms with van der Waals surface area (Å²) in [5.74, 6) is -3.58. The number of hydrogen-bond acceptors (Lipinski definition) is 2. The van der Waals surface area contributed by atoms with E-state index in [0.29, 0.717) is 0 Å². The van der Waals surface area contributed by atoms with Crippen molar-refractivity contribution in [2.45, 2.75) is 19.0 Å². The van der Waals surface area contributed by atoms with Crippen molar-refractivity contribution in [3.05, 3.63) is 12.4 Å².